The highest BCUT2D eigenvalue weighted by Gasteiger charge is 2.25. The van der Waals surface area contributed by atoms with Crippen LogP contribution in [0.2, 0.25) is 0 Å². The number of nitrogens with one attached hydrogen (secondary N) is 1. The Hall–Kier alpha value is -3.30. The minimum Gasteiger partial charge on any atom is -0.452 e. The summed E-state index contributed by atoms with van der Waals surface area (Å²) in [5.74, 6) is -2.02. The van der Waals surface area contributed by atoms with Gasteiger partial charge in [0.15, 0.2) is 6.10 Å². The Morgan fingerprint density at radius 1 is 1.03 bits per heavy atom. The number of fused-ring (bicyclic) bond motifs is 1. The molecular weight excluding hydrogens is 423 g/mol. The van der Waals surface area contributed by atoms with Crippen LogP contribution in [0.1, 0.15) is 6.92 Å². The van der Waals surface area contributed by atoms with Gasteiger partial charge in [-0.15, -0.1) is 0 Å². The van der Waals surface area contributed by atoms with Crippen LogP contribution in [0.15, 0.2) is 71.6 Å². The molecule has 1 unspecified atom stereocenters. The Kier molecular flexibility index (Phi) is 6.67. The van der Waals surface area contributed by atoms with Crippen LogP contribution in [-0.2, 0) is 24.3 Å². The van der Waals surface area contributed by atoms with Crippen molar-refractivity contribution in [2.75, 3.05) is 18.9 Å². The number of benzene rings is 3. The number of likely N-dealkylation sites (N-methyl/N-ethyl adjacent to an activating group) is 1. The van der Waals surface area contributed by atoms with Crippen molar-refractivity contribution in [3.8, 4) is 0 Å². The van der Waals surface area contributed by atoms with E-state index in [2.05, 4.69) is 5.32 Å². The lowest BCUT2D eigenvalue weighted by Gasteiger charge is -2.18. The number of esters is 1. The molecule has 1 amide bonds. The second-order valence-electron chi connectivity index (χ2n) is 6.90. The van der Waals surface area contributed by atoms with Crippen molar-refractivity contribution in [3.63, 3.8) is 0 Å². The number of carbonyl (C=O) groups is 2. The normalized spacial score (nSPS) is 12.5. The molecule has 0 bridgehead atoms. The molecule has 0 radical (unpaired) electrons. The average Bonchev–Trinajstić information content (AvgIpc) is 2.73. The van der Waals surface area contributed by atoms with E-state index in [1.54, 1.807) is 12.1 Å². The molecule has 0 aromatic heterocycles. The Morgan fingerprint density at radius 3 is 2.35 bits per heavy atom. The lowest BCUT2D eigenvalue weighted by atomic mass is 10.1. The summed E-state index contributed by atoms with van der Waals surface area (Å²) in [4.78, 5) is 24.4. The Balaban J connectivity index is 1.58. The molecule has 3 aromatic rings. The number of carbonyl (C=O) groups excluding carboxylic acids is 2. The molecule has 3 rings (SSSR count). The van der Waals surface area contributed by atoms with E-state index in [0.717, 1.165) is 39.3 Å². The number of anilines is 1. The highest BCUT2D eigenvalue weighted by Crippen LogP contribution is 2.19. The number of nitrogens with zero attached hydrogens (tertiary/aromatic N) is 1. The van der Waals surface area contributed by atoms with E-state index >= 15 is 0 Å². The van der Waals surface area contributed by atoms with Crippen LogP contribution >= 0.6 is 0 Å². The van der Waals surface area contributed by atoms with E-state index in [1.807, 2.05) is 30.3 Å². The van der Waals surface area contributed by atoms with Crippen LogP contribution < -0.4 is 5.32 Å². The van der Waals surface area contributed by atoms with E-state index in [-0.39, 0.29) is 4.90 Å². The molecule has 7 nitrogen and oxygen atoms in total. The lowest BCUT2D eigenvalue weighted by molar-refractivity contribution is -0.153. The van der Waals surface area contributed by atoms with Gasteiger partial charge in [0.1, 0.15) is 12.4 Å². The van der Waals surface area contributed by atoms with Gasteiger partial charge in [-0.25, -0.2) is 12.8 Å². The van der Waals surface area contributed by atoms with Gasteiger partial charge in [-0.1, -0.05) is 30.3 Å². The van der Waals surface area contributed by atoms with Gasteiger partial charge in [0, 0.05) is 12.7 Å². The Labute approximate surface area is 179 Å². The zero-order valence-electron chi connectivity index (χ0n) is 16.9. The molecule has 0 fully saturated rings. The average molecular weight is 444 g/mol. The molecule has 162 valence electrons. The summed E-state index contributed by atoms with van der Waals surface area (Å²) < 4.78 is 43.8. The van der Waals surface area contributed by atoms with Crippen molar-refractivity contribution in [3.05, 3.63) is 72.5 Å². The zero-order chi connectivity index (χ0) is 22.6. The monoisotopic (exact) mass is 444 g/mol. The first kappa shape index (κ1) is 22.4. The van der Waals surface area contributed by atoms with E-state index < -0.39 is 40.4 Å². The van der Waals surface area contributed by atoms with Gasteiger partial charge >= 0.3 is 5.97 Å². The summed E-state index contributed by atoms with van der Waals surface area (Å²) >= 11 is 0. The van der Waals surface area contributed by atoms with Gasteiger partial charge in [0.2, 0.25) is 10.0 Å². The van der Waals surface area contributed by atoms with Gasteiger partial charge in [0.05, 0.1) is 4.90 Å². The van der Waals surface area contributed by atoms with Crippen molar-refractivity contribution in [2.24, 2.45) is 0 Å². The number of amides is 1. The molecule has 0 aliphatic rings. The van der Waals surface area contributed by atoms with Crippen LogP contribution in [0.25, 0.3) is 10.8 Å². The van der Waals surface area contributed by atoms with E-state index in [4.69, 9.17) is 4.74 Å². The third-order valence-electron chi connectivity index (χ3n) is 4.57. The molecule has 1 atom stereocenters. The molecule has 0 aliphatic carbocycles. The predicted octanol–water partition coefficient (Wildman–Crippen LogP) is 3.17. The predicted molar refractivity (Wildman–Crippen MR) is 114 cm³/mol. The van der Waals surface area contributed by atoms with Crippen LogP contribution in [0.4, 0.5) is 10.1 Å². The topological polar surface area (TPSA) is 92.8 Å². The first-order chi connectivity index (χ1) is 14.7. The second kappa shape index (κ2) is 9.23. The number of ether oxygens (including phenoxy) is 1. The fraction of sp³-hybridized carbons (Fsp3) is 0.182. The fourth-order valence-corrected chi connectivity index (χ4v) is 3.97. The maximum absolute atomic E-state index is 13.0. The first-order valence-corrected chi connectivity index (χ1v) is 10.8. The van der Waals surface area contributed by atoms with Crippen LogP contribution in [0.3, 0.4) is 0 Å². The van der Waals surface area contributed by atoms with Crippen molar-refractivity contribution in [1.82, 2.24) is 4.31 Å². The molecule has 3 aromatic carbocycles. The lowest BCUT2D eigenvalue weighted by Crippen LogP contribution is -2.37. The van der Waals surface area contributed by atoms with Crippen molar-refractivity contribution < 1.29 is 27.1 Å². The molecular formula is C22H21FN2O5S. The summed E-state index contributed by atoms with van der Waals surface area (Å²) in [5.41, 5.74) is 0.544. The van der Waals surface area contributed by atoms with Crippen LogP contribution in [0.5, 0.6) is 0 Å². The standard InChI is InChI=1S/C22H21FN2O5S/c1-15(22(27)24-19-10-7-16-5-3-4-6-17(16)13-19)30-21(26)14-25(2)31(28,29)20-11-8-18(23)9-12-20/h3-13,15H,14H2,1-2H3,(H,24,27). The smallest absolute Gasteiger partial charge is 0.322 e. The third kappa shape index (κ3) is 5.44. The van der Waals surface area contributed by atoms with Gasteiger partial charge < -0.3 is 10.1 Å². The summed E-state index contributed by atoms with van der Waals surface area (Å²) in [6, 6.07) is 17.3. The van der Waals surface area contributed by atoms with Gasteiger partial charge in [-0.2, -0.15) is 4.31 Å². The Morgan fingerprint density at radius 2 is 1.68 bits per heavy atom. The van der Waals surface area contributed by atoms with E-state index in [1.165, 1.54) is 14.0 Å². The number of halogens is 1. The summed E-state index contributed by atoms with van der Waals surface area (Å²) in [7, 11) is -2.82. The van der Waals surface area contributed by atoms with Crippen molar-refractivity contribution in [2.45, 2.75) is 17.9 Å². The maximum Gasteiger partial charge on any atom is 0.322 e. The molecule has 1 N–H and O–H groups in total. The highest BCUT2D eigenvalue weighted by atomic mass is 32.2. The summed E-state index contributed by atoms with van der Waals surface area (Å²) in [6.45, 7) is 0.788. The SMILES string of the molecule is CC(OC(=O)CN(C)S(=O)(=O)c1ccc(F)cc1)C(=O)Nc1ccc2ccccc2c1. The number of sulfonamides is 1. The summed E-state index contributed by atoms with van der Waals surface area (Å²) in [5, 5.41) is 4.63. The number of hydrogen-bond acceptors (Lipinski definition) is 5. The van der Waals surface area contributed by atoms with Crippen molar-refractivity contribution >= 4 is 38.4 Å². The molecule has 0 saturated carbocycles. The molecule has 0 aliphatic heterocycles. The largest absolute Gasteiger partial charge is 0.452 e. The Bertz CT molecular complexity index is 1210. The minimum atomic E-state index is -4.01. The fourth-order valence-electron chi connectivity index (χ4n) is 2.85. The molecule has 0 spiro atoms. The van der Waals surface area contributed by atoms with Gasteiger partial charge in [-0.05, 0) is 54.1 Å². The highest BCUT2D eigenvalue weighted by molar-refractivity contribution is 7.89. The molecule has 31 heavy (non-hydrogen) atoms. The zero-order valence-corrected chi connectivity index (χ0v) is 17.7. The molecule has 9 heteroatoms. The van der Waals surface area contributed by atoms with Crippen LogP contribution in [0, 0.1) is 5.82 Å². The quantitative estimate of drug-likeness (QED) is 0.565. The second-order valence-corrected chi connectivity index (χ2v) is 8.94. The van der Waals surface area contributed by atoms with E-state index in [9.17, 15) is 22.4 Å². The van der Waals surface area contributed by atoms with Gasteiger partial charge in [0.25, 0.3) is 5.91 Å². The molecule has 0 saturated heterocycles. The van der Waals surface area contributed by atoms with Crippen LogP contribution in [-0.4, -0.2) is 44.3 Å². The van der Waals surface area contributed by atoms with E-state index in [0.29, 0.717) is 5.69 Å². The minimum absolute atomic E-state index is 0.161. The molecule has 0 heterocycles. The first-order valence-electron chi connectivity index (χ1n) is 9.38. The van der Waals surface area contributed by atoms with Gasteiger partial charge in [-0.3, -0.25) is 9.59 Å². The number of hydrogen-bond donors (Lipinski definition) is 1. The maximum atomic E-state index is 13.0. The summed E-state index contributed by atoms with van der Waals surface area (Å²) in [6.07, 6.45) is -1.14. The number of rotatable bonds is 7. The third-order valence-corrected chi connectivity index (χ3v) is 6.39. The van der Waals surface area contributed by atoms with Crippen molar-refractivity contribution in [1.29, 1.82) is 0 Å².